The molecule has 6 nitrogen and oxygen atoms in total. The van der Waals surface area contributed by atoms with E-state index in [1.54, 1.807) is 0 Å². The lowest BCUT2D eigenvalue weighted by Crippen LogP contribution is -2.54. The third kappa shape index (κ3) is 3.95. The van der Waals surface area contributed by atoms with E-state index in [1.165, 1.54) is 0 Å². The van der Waals surface area contributed by atoms with Gasteiger partial charge in [0.05, 0.1) is 6.42 Å². The minimum absolute atomic E-state index is 0.0200. The first-order valence-electron chi connectivity index (χ1n) is 12.0. The minimum atomic E-state index is -1.29. The van der Waals surface area contributed by atoms with Gasteiger partial charge in [-0.3, -0.25) is 14.4 Å². The van der Waals surface area contributed by atoms with Gasteiger partial charge < -0.3 is 14.6 Å². The third-order valence-electron chi connectivity index (χ3n) is 9.78. The zero-order valence-electron chi connectivity index (χ0n) is 18.8. The number of esters is 1. The van der Waals surface area contributed by atoms with E-state index < -0.39 is 11.9 Å². The highest BCUT2D eigenvalue weighted by Gasteiger charge is 2.61. The Bertz CT molecular complexity index is 774. The molecule has 4 aliphatic carbocycles. The number of rotatable bonds is 6. The molecule has 0 unspecified atom stereocenters. The summed E-state index contributed by atoms with van der Waals surface area (Å²) in [4.78, 5) is 47.3. The normalized spacial score (nSPS) is 41.6. The van der Waals surface area contributed by atoms with Crippen LogP contribution in [0.1, 0.15) is 84.5 Å². The van der Waals surface area contributed by atoms with Crippen LogP contribution in [0, 0.1) is 40.4 Å². The molecule has 4 saturated carbocycles. The molecule has 172 valence electrons. The highest BCUT2D eigenvalue weighted by Crippen LogP contribution is 2.67. The van der Waals surface area contributed by atoms with Crippen molar-refractivity contribution in [1.82, 2.24) is 0 Å². The molecule has 0 bridgehead atoms. The lowest BCUT2D eigenvalue weighted by Gasteiger charge is -2.60. The van der Waals surface area contributed by atoms with Gasteiger partial charge in [0.25, 0.3) is 0 Å². The van der Waals surface area contributed by atoms with Crippen LogP contribution in [0.5, 0.6) is 0 Å². The summed E-state index contributed by atoms with van der Waals surface area (Å²) in [5, 5.41) is 10.5. The summed E-state index contributed by atoms with van der Waals surface area (Å²) in [6.07, 6.45) is 8.18. The Hall–Kier alpha value is -1.72. The number of hydrogen-bond donors (Lipinski definition) is 0. The van der Waals surface area contributed by atoms with E-state index in [4.69, 9.17) is 4.74 Å². The van der Waals surface area contributed by atoms with E-state index in [0.717, 1.165) is 57.8 Å². The van der Waals surface area contributed by atoms with Crippen LogP contribution in [-0.2, 0) is 23.9 Å². The van der Waals surface area contributed by atoms with Gasteiger partial charge in [0.2, 0.25) is 0 Å². The highest BCUT2D eigenvalue weighted by atomic mass is 16.5. The van der Waals surface area contributed by atoms with Crippen molar-refractivity contribution in [3.8, 4) is 0 Å². The summed E-state index contributed by atoms with van der Waals surface area (Å²) in [5.74, 6) is 0.686. The predicted molar refractivity (Wildman–Crippen MR) is 110 cm³/mol. The first-order chi connectivity index (χ1) is 14.6. The fourth-order valence-electron chi connectivity index (χ4n) is 8.10. The van der Waals surface area contributed by atoms with Gasteiger partial charge in [0, 0.05) is 24.7 Å². The Morgan fingerprint density at radius 1 is 0.968 bits per heavy atom. The van der Waals surface area contributed by atoms with E-state index >= 15 is 0 Å². The number of carboxylic acids is 1. The van der Waals surface area contributed by atoms with Crippen molar-refractivity contribution in [2.75, 3.05) is 6.61 Å². The van der Waals surface area contributed by atoms with Crippen molar-refractivity contribution in [3.63, 3.8) is 0 Å². The summed E-state index contributed by atoms with van der Waals surface area (Å²) in [7, 11) is 0. The van der Waals surface area contributed by atoms with Crippen molar-refractivity contribution in [2.24, 2.45) is 40.4 Å². The van der Waals surface area contributed by atoms with Crippen LogP contribution >= 0.6 is 0 Å². The van der Waals surface area contributed by atoms with E-state index in [9.17, 15) is 24.3 Å². The quantitative estimate of drug-likeness (QED) is 0.600. The zero-order valence-corrected chi connectivity index (χ0v) is 18.8. The topological polar surface area (TPSA) is 101 Å². The second kappa shape index (κ2) is 8.32. The number of aliphatic carboxylic acids is 1. The average molecular weight is 432 g/mol. The standard InChI is InChI=1S/C25H36O6/c1-24-11-9-16(26)13-15(24)3-4-17-18-5-6-20(25(18,2)12-10-19(17)24)21(27)14-31-23(30)8-7-22(28)29/h15,17-20H,3-14H2,1-2H3,(H,28,29)/p-1/t15-,17+,18-,19-,20-,24+,25+/m1/s1. The van der Waals surface area contributed by atoms with Gasteiger partial charge in [-0.2, -0.15) is 0 Å². The molecule has 4 fully saturated rings. The lowest BCUT2D eigenvalue weighted by molar-refractivity contribution is -0.305. The van der Waals surface area contributed by atoms with E-state index in [0.29, 0.717) is 29.5 Å². The van der Waals surface area contributed by atoms with Crippen molar-refractivity contribution < 1.29 is 29.0 Å². The number of ketones is 2. The van der Waals surface area contributed by atoms with Crippen molar-refractivity contribution >= 4 is 23.5 Å². The predicted octanol–water partition coefficient (Wildman–Crippen LogP) is 2.86. The summed E-state index contributed by atoms with van der Waals surface area (Å²) in [6, 6.07) is 0. The van der Waals surface area contributed by atoms with Crippen LogP contribution in [0.3, 0.4) is 0 Å². The van der Waals surface area contributed by atoms with Gasteiger partial charge in [-0.05, 0) is 85.9 Å². The van der Waals surface area contributed by atoms with Crippen LogP contribution in [0.2, 0.25) is 0 Å². The van der Waals surface area contributed by atoms with Gasteiger partial charge in [0.1, 0.15) is 12.4 Å². The molecule has 0 radical (unpaired) electrons. The number of carbonyl (C=O) groups is 4. The molecule has 0 spiro atoms. The fraction of sp³-hybridized carbons (Fsp3) is 0.840. The SMILES string of the molecule is C[C@]12CCC(=O)C[C@H]1CC[C@@H]1[C@H]2CC[C@]2(C)[C@@H](C(=O)COC(=O)CCC(=O)[O-])CC[C@H]12. The van der Waals surface area contributed by atoms with Gasteiger partial charge >= 0.3 is 5.97 Å². The third-order valence-corrected chi connectivity index (χ3v) is 9.78. The summed E-state index contributed by atoms with van der Waals surface area (Å²) >= 11 is 0. The van der Waals surface area contributed by atoms with Crippen molar-refractivity contribution in [3.05, 3.63) is 0 Å². The molecular weight excluding hydrogens is 396 g/mol. The Kier molecular flexibility index (Phi) is 6.04. The average Bonchev–Trinajstić information content (AvgIpc) is 3.08. The maximum absolute atomic E-state index is 13.0. The monoisotopic (exact) mass is 431 g/mol. The minimum Gasteiger partial charge on any atom is -0.550 e. The molecule has 4 aliphatic rings. The second-order valence-corrected chi connectivity index (χ2v) is 11.1. The molecule has 0 aromatic carbocycles. The smallest absolute Gasteiger partial charge is 0.306 e. The zero-order chi connectivity index (χ0) is 22.4. The van der Waals surface area contributed by atoms with E-state index in [1.807, 2.05) is 0 Å². The van der Waals surface area contributed by atoms with Gasteiger partial charge in [-0.15, -0.1) is 0 Å². The van der Waals surface area contributed by atoms with Crippen LogP contribution in [0.15, 0.2) is 0 Å². The number of carbonyl (C=O) groups excluding carboxylic acids is 4. The Labute approximate surface area is 184 Å². The fourth-order valence-corrected chi connectivity index (χ4v) is 8.10. The molecule has 0 amide bonds. The summed E-state index contributed by atoms with van der Waals surface area (Å²) < 4.78 is 5.08. The van der Waals surface area contributed by atoms with Crippen LogP contribution in [-0.4, -0.2) is 30.1 Å². The molecule has 0 saturated heterocycles. The van der Waals surface area contributed by atoms with Crippen LogP contribution in [0.4, 0.5) is 0 Å². The number of fused-ring (bicyclic) bond motifs is 5. The molecule has 0 aromatic rings. The Morgan fingerprint density at radius 2 is 1.71 bits per heavy atom. The molecule has 0 aliphatic heterocycles. The maximum atomic E-state index is 13.0. The summed E-state index contributed by atoms with van der Waals surface area (Å²) in [6.45, 7) is 4.43. The van der Waals surface area contributed by atoms with Gasteiger partial charge in [-0.1, -0.05) is 13.8 Å². The van der Waals surface area contributed by atoms with E-state index in [-0.39, 0.29) is 42.0 Å². The van der Waals surface area contributed by atoms with Crippen molar-refractivity contribution in [1.29, 1.82) is 0 Å². The number of ether oxygens (including phenoxy) is 1. The number of carboxylic acid groups (broad SMARTS) is 1. The lowest BCUT2D eigenvalue weighted by atomic mass is 9.44. The van der Waals surface area contributed by atoms with Gasteiger partial charge in [-0.25, -0.2) is 0 Å². The number of hydrogen-bond acceptors (Lipinski definition) is 6. The van der Waals surface area contributed by atoms with E-state index in [2.05, 4.69) is 13.8 Å². The molecule has 6 heteroatoms. The van der Waals surface area contributed by atoms with Crippen LogP contribution in [0.25, 0.3) is 0 Å². The first-order valence-corrected chi connectivity index (χ1v) is 12.0. The van der Waals surface area contributed by atoms with Crippen molar-refractivity contribution in [2.45, 2.75) is 84.5 Å². The molecule has 31 heavy (non-hydrogen) atoms. The molecular formula is C25H35O6-. The van der Waals surface area contributed by atoms with Crippen LogP contribution < -0.4 is 5.11 Å². The molecule has 7 atom stereocenters. The molecule has 0 aromatic heterocycles. The second-order valence-electron chi connectivity index (χ2n) is 11.1. The number of Topliss-reactive ketones (excluding diaryl/α,β-unsaturated/α-hetero) is 2. The molecule has 0 heterocycles. The first kappa shape index (κ1) is 22.5. The van der Waals surface area contributed by atoms with Gasteiger partial charge in [0.15, 0.2) is 5.78 Å². The molecule has 4 rings (SSSR count). The molecule has 0 N–H and O–H groups in total. The largest absolute Gasteiger partial charge is 0.550 e. The highest BCUT2D eigenvalue weighted by molar-refractivity contribution is 5.86. The Balaban J connectivity index is 1.41. The summed E-state index contributed by atoms with van der Waals surface area (Å²) in [5.41, 5.74) is 0.206. The maximum Gasteiger partial charge on any atom is 0.306 e. The Morgan fingerprint density at radius 3 is 2.45 bits per heavy atom.